The van der Waals surface area contributed by atoms with Crippen LogP contribution in [0.15, 0.2) is 86.0 Å². The number of carbonyl (C=O) groups is 4. The molecule has 2 aromatic rings. The summed E-state index contributed by atoms with van der Waals surface area (Å²) >= 11 is 0. The van der Waals surface area contributed by atoms with Crippen molar-refractivity contribution in [2.45, 2.75) is 81.8 Å². The Labute approximate surface area is 282 Å². The number of benzene rings is 2. The van der Waals surface area contributed by atoms with Gasteiger partial charge in [-0.15, -0.1) is 13.2 Å². The summed E-state index contributed by atoms with van der Waals surface area (Å²) in [6, 6.07) is 15.7. The Hall–Kier alpha value is -4.28. The molecule has 10 nitrogen and oxygen atoms in total. The second kappa shape index (κ2) is 14.5. The molecule has 2 N–H and O–H groups in total. The molecule has 48 heavy (non-hydrogen) atoms. The quantitative estimate of drug-likeness (QED) is 0.230. The number of aliphatic hydroxyl groups excluding tert-OH is 1. The fourth-order valence-corrected chi connectivity index (χ4v) is 7.65. The van der Waals surface area contributed by atoms with Crippen LogP contribution in [0.25, 0.3) is 0 Å². The Bertz CT molecular complexity index is 1510. The van der Waals surface area contributed by atoms with Crippen molar-refractivity contribution < 1.29 is 33.8 Å². The monoisotopic (exact) mass is 657 g/mol. The van der Waals surface area contributed by atoms with Crippen molar-refractivity contribution in [3.63, 3.8) is 0 Å². The number of hydrogen-bond donors (Lipinski definition) is 2. The molecule has 3 saturated heterocycles. The highest BCUT2D eigenvalue weighted by molar-refractivity contribution is 5.99. The maximum atomic E-state index is 14.8. The Morgan fingerprint density at radius 3 is 2.31 bits per heavy atom. The average molecular weight is 658 g/mol. The zero-order valence-electron chi connectivity index (χ0n) is 28.0. The van der Waals surface area contributed by atoms with Crippen LogP contribution in [0.4, 0.5) is 0 Å². The van der Waals surface area contributed by atoms with Gasteiger partial charge in [-0.2, -0.15) is 0 Å². The first-order valence-corrected chi connectivity index (χ1v) is 16.7. The molecule has 3 aliphatic rings. The molecule has 3 heterocycles. The lowest BCUT2D eigenvalue weighted by Crippen LogP contribution is -2.60. The van der Waals surface area contributed by atoms with Gasteiger partial charge < -0.3 is 29.7 Å². The first kappa shape index (κ1) is 35.0. The summed E-state index contributed by atoms with van der Waals surface area (Å²) in [5.74, 6) is -3.40. The molecule has 7 atom stereocenters. The summed E-state index contributed by atoms with van der Waals surface area (Å²) in [6.07, 6.45) is 4.24. The molecule has 3 fully saturated rings. The molecule has 2 bridgehead atoms. The van der Waals surface area contributed by atoms with Crippen LogP contribution in [0.2, 0.25) is 0 Å². The number of esters is 1. The van der Waals surface area contributed by atoms with Crippen molar-refractivity contribution in [3.8, 4) is 0 Å². The highest BCUT2D eigenvalue weighted by Gasteiger charge is 2.75. The standard InChI is InChI=1S/C38H47N3O7/c1-6-8-19-30(43)47-24-27(25-15-11-9-12-16-25)39-34(44)31-29-20-21-38(48-29)32(31)35(45)41(28(23-42)26-17-13-10-14-18-26)33(38)36(46)40(22-7-2)37(3,4)5/h6-7,9-18,27-29,31-33,42H,1-2,8,19-24H2,3-5H3,(H,39,44)/t27-,28+,29-,31+,32+,33-,38+/m0/s1. The molecule has 3 aliphatic heterocycles. The van der Waals surface area contributed by atoms with Gasteiger partial charge in [0, 0.05) is 18.5 Å². The number of hydrogen-bond acceptors (Lipinski definition) is 7. The fraction of sp³-hybridized carbons (Fsp3) is 0.474. The smallest absolute Gasteiger partial charge is 0.306 e. The number of nitrogens with zero attached hydrogens (tertiary/aromatic N) is 2. The fourth-order valence-electron chi connectivity index (χ4n) is 7.65. The van der Waals surface area contributed by atoms with E-state index in [0.717, 1.165) is 5.56 Å². The Morgan fingerprint density at radius 2 is 1.73 bits per heavy atom. The van der Waals surface area contributed by atoms with E-state index in [1.165, 1.54) is 4.90 Å². The van der Waals surface area contributed by atoms with Gasteiger partial charge in [0.05, 0.1) is 36.6 Å². The molecular weight excluding hydrogens is 610 g/mol. The predicted molar refractivity (Wildman–Crippen MR) is 180 cm³/mol. The van der Waals surface area contributed by atoms with Gasteiger partial charge in [-0.3, -0.25) is 19.2 Å². The number of fused-ring (bicyclic) bond motifs is 1. The van der Waals surface area contributed by atoms with E-state index in [0.29, 0.717) is 24.8 Å². The molecular formula is C38H47N3O7. The summed E-state index contributed by atoms with van der Waals surface area (Å²) in [4.78, 5) is 59.4. The van der Waals surface area contributed by atoms with Crippen LogP contribution in [0, 0.1) is 11.8 Å². The predicted octanol–water partition coefficient (Wildman–Crippen LogP) is 4.27. The van der Waals surface area contributed by atoms with Gasteiger partial charge in [0.25, 0.3) is 0 Å². The van der Waals surface area contributed by atoms with Crippen molar-refractivity contribution in [2.24, 2.45) is 11.8 Å². The third kappa shape index (κ3) is 6.56. The van der Waals surface area contributed by atoms with Gasteiger partial charge in [-0.1, -0.05) is 72.8 Å². The van der Waals surface area contributed by atoms with E-state index in [1.54, 1.807) is 17.1 Å². The summed E-state index contributed by atoms with van der Waals surface area (Å²) in [5.41, 5.74) is -0.474. The molecule has 0 radical (unpaired) electrons. The summed E-state index contributed by atoms with van der Waals surface area (Å²) in [5, 5.41) is 13.8. The Morgan fingerprint density at radius 1 is 1.08 bits per heavy atom. The van der Waals surface area contributed by atoms with Crippen LogP contribution in [0.5, 0.6) is 0 Å². The maximum absolute atomic E-state index is 14.8. The molecule has 5 rings (SSSR count). The van der Waals surface area contributed by atoms with Crippen LogP contribution in [0.3, 0.4) is 0 Å². The number of ether oxygens (including phenoxy) is 2. The average Bonchev–Trinajstić information content (AvgIpc) is 3.72. The van der Waals surface area contributed by atoms with Crippen molar-refractivity contribution in [1.82, 2.24) is 15.1 Å². The van der Waals surface area contributed by atoms with E-state index >= 15 is 0 Å². The van der Waals surface area contributed by atoms with Gasteiger partial charge in [0.2, 0.25) is 17.7 Å². The summed E-state index contributed by atoms with van der Waals surface area (Å²) < 4.78 is 12.2. The molecule has 0 unspecified atom stereocenters. The van der Waals surface area contributed by atoms with Gasteiger partial charge in [0.1, 0.15) is 18.2 Å². The van der Waals surface area contributed by atoms with Crippen molar-refractivity contribution in [2.75, 3.05) is 19.8 Å². The summed E-state index contributed by atoms with van der Waals surface area (Å²) in [6.45, 7) is 13.0. The topological polar surface area (TPSA) is 125 Å². The van der Waals surface area contributed by atoms with E-state index in [4.69, 9.17) is 9.47 Å². The second-order valence-corrected chi connectivity index (χ2v) is 13.8. The molecule has 256 valence electrons. The molecule has 0 aliphatic carbocycles. The van der Waals surface area contributed by atoms with Crippen LogP contribution >= 0.6 is 0 Å². The molecule has 0 saturated carbocycles. The van der Waals surface area contributed by atoms with E-state index in [-0.39, 0.29) is 25.5 Å². The number of aliphatic hydroxyl groups is 1. The number of amides is 3. The van der Waals surface area contributed by atoms with Crippen LogP contribution in [-0.4, -0.2) is 81.6 Å². The largest absolute Gasteiger partial charge is 0.463 e. The molecule has 10 heteroatoms. The first-order chi connectivity index (χ1) is 23.0. The summed E-state index contributed by atoms with van der Waals surface area (Å²) in [7, 11) is 0. The highest BCUT2D eigenvalue weighted by atomic mass is 16.5. The molecule has 0 aromatic heterocycles. The minimum atomic E-state index is -1.27. The van der Waals surface area contributed by atoms with Gasteiger partial charge in [-0.25, -0.2) is 0 Å². The Kier molecular flexibility index (Phi) is 10.6. The van der Waals surface area contributed by atoms with Crippen molar-refractivity contribution in [3.05, 3.63) is 97.1 Å². The van der Waals surface area contributed by atoms with Crippen LogP contribution in [-0.2, 0) is 28.7 Å². The molecule has 3 amide bonds. The van der Waals surface area contributed by atoms with E-state index < -0.39 is 71.6 Å². The van der Waals surface area contributed by atoms with E-state index in [9.17, 15) is 24.3 Å². The number of allylic oxidation sites excluding steroid dienone is 1. The van der Waals surface area contributed by atoms with Gasteiger partial charge in [-0.05, 0) is 51.2 Å². The van der Waals surface area contributed by atoms with Crippen molar-refractivity contribution >= 4 is 23.7 Å². The lowest BCUT2D eigenvalue weighted by atomic mass is 9.70. The number of likely N-dealkylation sites (tertiary alicyclic amines) is 1. The molecule has 2 aromatic carbocycles. The third-order valence-electron chi connectivity index (χ3n) is 9.84. The number of nitrogens with one attached hydrogen (secondary N) is 1. The lowest BCUT2D eigenvalue weighted by molar-refractivity contribution is -0.154. The minimum Gasteiger partial charge on any atom is -0.463 e. The highest BCUT2D eigenvalue weighted by Crippen LogP contribution is 2.60. The Balaban J connectivity index is 1.52. The normalized spacial score (nSPS) is 25.6. The van der Waals surface area contributed by atoms with Crippen molar-refractivity contribution in [1.29, 1.82) is 0 Å². The lowest BCUT2D eigenvalue weighted by Gasteiger charge is -2.43. The maximum Gasteiger partial charge on any atom is 0.306 e. The van der Waals surface area contributed by atoms with Crippen LogP contribution in [0.1, 0.15) is 69.7 Å². The zero-order valence-corrected chi connectivity index (χ0v) is 28.0. The molecule has 1 spiro atoms. The van der Waals surface area contributed by atoms with Crippen LogP contribution < -0.4 is 5.32 Å². The first-order valence-electron chi connectivity index (χ1n) is 16.7. The minimum absolute atomic E-state index is 0.0936. The SMILES string of the molecule is C=CCCC(=O)OC[C@H](NC(=O)[C@@H]1[C@@H]2CC[C@]3(O2)[C@H](C(=O)N(CC=C)C(C)(C)C)N([C@H](CO)c2ccccc2)C(=O)[C@@H]13)c1ccccc1. The zero-order chi connectivity index (χ0) is 34.6. The van der Waals surface area contributed by atoms with E-state index in [1.807, 2.05) is 81.4 Å². The third-order valence-corrected chi connectivity index (χ3v) is 9.84. The van der Waals surface area contributed by atoms with Gasteiger partial charge >= 0.3 is 5.97 Å². The van der Waals surface area contributed by atoms with E-state index in [2.05, 4.69) is 18.5 Å². The van der Waals surface area contributed by atoms with Gasteiger partial charge in [0.15, 0.2) is 0 Å². The number of rotatable bonds is 14. The second-order valence-electron chi connectivity index (χ2n) is 13.8. The number of carbonyl (C=O) groups excluding carboxylic acids is 4.